The van der Waals surface area contributed by atoms with Gasteiger partial charge in [-0.15, -0.1) is 0 Å². The lowest BCUT2D eigenvalue weighted by Gasteiger charge is -2.38. The second kappa shape index (κ2) is 16.5. The molecule has 0 unspecified atom stereocenters. The summed E-state index contributed by atoms with van der Waals surface area (Å²) >= 11 is 0. The maximum absolute atomic E-state index is 15.5. The van der Waals surface area contributed by atoms with Crippen LogP contribution in [0.3, 0.4) is 0 Å². The number of anilines is 4. The summed E-state index contributed by atoms with van der Waals surface area (Å²) in [5, 5.41) is 0. The lowest BCUT2D eigenvalue weighted by atomic mass is 9.71. The highest BCUT2D eigenvalue weighted by Crippen LogP contribution is 2.58. The van der Waals surface area contributed by atoms with Gasteiger partial charge >= 0.3 is 37.1 Å². The van der Waals surface area contributed by atoms with Gasteiger partial charge in [0.1, 0.15) is 0 Å². The summed E-state index contributed by atoms with van der Waals surface area (Å²) in [6.45, 7) is 0. The summed E-state index contributed by atoms with van der Waals surface area (Å²) in [6, 6.07) is 6.09. The Balaban J connectivity index is 1.21. The number of carbonyl (C=O) groups excluding carboxylic acids is 4. The molecule has 2 heterocycles. The Morgan fingerprint density at radius 2 is 0.562 bits per heavy atom. The summed E-state index contributed by atoms with van der Waals surface area (Å²) in [5.41, 5.74) is -17.4. The molecule has 0 fully saturated rings. The van der Waals surface area contributed by atoms with Crippen molar-refractivity contribution in [2.24, 2.45) is 0 Å². The Morgan fingerprint density at radius 1 is 0.301 bits per heavy atom. The summed E-state index contributed by atoms with van der Waals surface area (Å²) in [4.78, 5) is 54.6. The van der Waals surface area contributed by atoms with Gasteiger partial charge in [-0.05, 0) is 106 Å². The first-order chi connectivity index (χ1) is 33.5. The Labute approximate surface area is 395 Å². The summed E-state index contributed by atoms with van der Waals surface area (Å²) in [6.07, 6.45) is -34.8. The van der Waals surface area contributed by atoms with E-state index in [0.29, 0.717) is 48.5 Å². The molecule has 0 saturated heterocycles. The Morgan fingerprint density at radius 3 is 0.849 bits per heavy atom. The molecule has 0 bridgehead atoms. The maximum Gasteiger partial charge on any atom is 0.417 e. The second-order valence-corrected chi connectivity index (χ2v) is 16.2. The third-order valence-corrected chi connectivity index (χ3v) is 11.9. The largest absolute Gasteiger partial charge is 0.417 e. The van der Waals surface area contributed by atoms with Gasteiger partial charge in [0, 0.05) is 11.4 Å². The minimum Gasteiger partial charge on any atom is -0.399 e. The van der Waals surface area contributed by atoms with E-state index in [0.717, 1.165) is 12.1 Å². The van der Waals surface area contributed by atoms with Gasteiger partial charge in [0.05, 0.1) is 55.9 Å². The van der Waals surface area contributed by atoms with Gasteiger partial charge < -0.3 is 11.5 Å². The summed E-state index contributed by atoms with van der Waals surface area (Å²) in [7, 11) is 0. The molecule has 0 aromatic heterocycles. The van der Waals surface area contributed by atoms with E-state index in [1.165, 1.54) is 0 Å². The van der Waals surface area contributed by atoms with Crippen LogP contribution < -0.4 is 21.3 Å². The van der Waals surface area contributed by atoms with Gasteiger partial charge in [0.2, 0.25) is 5.41 Å². The van der Waals surface area contributed by atoms with Crippen LogP contribution in [0.25, 0.3) is 22.3 Å². The van der Waals surface area contributed by atoms with Crippen molar-refractivity contribution in [3.63, 3.8) is 0 Å². The summed E-state index contributed by atoms with van der Waals surface area (Å²) in [5.74, 6) is -6.86. The van der Waals surface area contributed by atoms with Gasteiger partial charge in [0.25, 0.3) is 23.6 Å². The van der Waals surface area contributed by atoms with Crippen LogP contribution >= 0.6 is 0 Å². The van der Waals surface area contributed by atoms with Crippen LogP contribution in [0.5, 0.6) is 0 Å². The highest BCUT2D eigenvalue weighted by atomic mass is 19.4. The summed E-state index contributed by atoms with van der Waals surface area (Å²) < 4.78 is 264. The normalized spacial score (nSPS) is 14.9. The second-order valence-electron chi connectivity index (χ2n) is 16.2. The molecule has 26 heteroatoms. The molecule has 380 valence electrons. The highest BCUT2D eigenvalue weighted by molar-refractivity contribution is 6.35. The van der Waals surface area contributed by atoms with Crippen LogP contribution in [0, 0.1) is 0 Å². The van der Waals surface area contributed by atoms with E-state index in [9.17, 15) is 71.9 Å². The van der Waals surface area contributed by atoms with Crippen LogP contribution in [0.4, 0.5) is 102 Å². The number of rotatable bonds is 6. The molecule has 0 radical (unpaired) electrons. The molecule has 73 heavy (non-hydrogen) atoms. The van der Waals surface area contributed by atoms with Crippen LogP contribution in [0.15, 0.2) is 109 Å². The molecule has 8 rings (SSSR count). The predicted octanol–water partition coefficient (Wildman–Crippen LogP) is 13.3. The fourth-order valence-electron chi connectivity index (χ4n) is 8.74. The molecule has 0 aliphatic carbocycles. The molecule has 8 nitrogen and oxygen atoms in total. The molecule has 6 aromatic rings. The average molecular weight is 1050 g/mol. The maximum atomic E-state index is 15.5. The van der Waals surface area contributed by atoms with Crippen LogP contribution in [-0.4, -0.2) is 36.0 Å². The number of nitrogen functional groups attached to an aromatic ring is 2. The minimum absolute atomic E-state index is 0.0398. The van der Waals surface area contributed by atoms with Crippen LogP contribution in [0.2, 0.25) is 0 Å². The van der Waals surface area contributed by atoms with E-state index < -0.39 is 167 Å². The Hall–Kier alpha value is -8.06. The van der Waals surface area contributed by atoms with E-state index in [4.69, 9.17) is 11.5 Å². The van der Waals surface area contributed by atoms with Crippen LogP contribution in [0.1, 0.15) is 74.8 Å². The standard InChI is InChI=1S/C47H22F18N4O4/c48-42(49,50)33-15-21(66)3-9-25(33)27-11-5-23(17-35(27)44(54,55)56)68-37(70)29-7-1-19(13-31(29)39(68)72)41(46(60,61)62,47(63,64)65)20-2-8-30-32(14-20)40(73)69(38(30)71)24-6-12-28(36(18-24)45(57,58)59)26-10-4-22(67)16-34(26)43(51,52)53/h1-18H,66-67H2. The third kappa shape index (κ3) is 8.30. The molecule has 4 amide bonds. The first-order valence-electron chi connectivity index (χ1n) is 20.1. The Bertz CT molecular complexity index is 3130. The zero-order valence-electron chi connectivity index (χ0n) is 35.4. The number of alkyl halides is 18. The molecular weight excluding hydrogens is 1030 g/mol. The lowest BCUT2D eigenvalue weighted by Crippen LogP contribution is -2.55. The van der Waals surface area contributed by atoms with Crippen molar-refractivity contribution in [2.75, 3.05) is 21.3 Å². The molecule has 2 aliphatic rings. The van der Waals surface area contributed by atoms with Crippen molar-refractivity contribution < 1.29 is 98.2 Å². The smallest absolute Gasteiger partial charge is 0.399 e. The minimum atomic E-state index is -6.56. The fourth-order valence-corrected chi connectivity index (χ4v) is 8.74. The number of fused-ring (bicyclic) bond motifs is 2. The first kappa shape index (κ1) is 51.3. The molecule has 0 saturated carbocycles. The monoisotopic (exact) mass is 1050 g/mol. The number of hydrogen-bond donors (Lipinski definition) is 2. The van der Waals surface area contributed by atoms with Gasteiger partial charge in [-0.2, -0.15) is 79.0 Å². The number of benzene rings is 6. The zero-order valence-corrected chi connectivity index (χ0v) is 35.4. The number of imide groups is 2. The average Bonchev–Trinajstić information content (AvgIpc) is 3.66. The number of halogens is 18. The molecule has 4 N–H and O–H groups in total. The molecular formula is C47H22F18N4O4. The fraction of sp³-hybridized carbons (Fsp3) is 0.149. The van der Waals surface area contributed by atoms with Gasteiger partial charge in [-0.1, -0.05) is 36.4 Å². The zero-order chi connectivity index (χ0) is 54.1. The molecule has 6 aromatic carbocycles. The van der Waals surface area contributed by atoms with Crippen molar-refractivity contribution in [3.05, 3.63) is 165 Å². The predicted molar refractivity (Wildman–Crippen MR) is 221 cm³/mol. The Kier molecular flexibility index (Phi) is 11.6. The molecule has 2 aliphatic heterocycles. The van der Waals surface area contributed by atoms with E-state index in [1.807, 2.05) is 0 Å². The van der Waals surface area contributed by atoms with Crippen molar-refractivity contribution in [2.45, 2.75) is 42.5 Å². The van der Waals surface area contributed by atoms with Gasteiger partial charge in [0.15, 0.2) is 0 Å². The van der Waals surface area contributed by atoms with Crippen molar-refractivity contribution in [1.82, 2.24) is 0 Å². The topological polar surface area (TPSA) is 127 Å². The van der Waals surface area contributed by atoms with Gasteiger partial charge in [-0.25, -0.2) is 9.80 Å². The number of nitrogens with two attached hydrogens (primary N) is 2. The van der Waals surface area contributed by atoms with Crippen molar-refractivity contribution in [1.29, 1.82) is 0 Å². The third-order valence-electron chi connectivity index (χ3n) is 11.9. The van der Waals surface area contributed by atoms with Crippen molar-refractivity contribution in [3.8, 4) is 22.3 Å². The van der Waals surface area contributed by atoms with E-state index >= 15 is 26.3 Å². The number of nitrogens with zero attached hydrogens (tertiary/aromatic N) is 2. The van der Waals surface area contributed by atoms with E-state index in [2.05, 4.69) is 0 Å². The number of carbonyl (C=O) groups is 4. The molecule has 0 atom stereocenters. The molecule has 0 spiro atoms. The lowest BCUT2D eigenvalue weighted by molar-refractivity contribution is -0.288. The first-order valence-corrected chi connectivity index (χ1v) is 20.1. The SMILES string of the molecule is Nc1ccc(-c2ccc(N3C(=O)c4ccc(C(c5ccc6c(c5)C(=O)N(c5ccc(-c7ccc(N)cc7C(F)(F)F)c(C(F)(F)F)c5)C6=O)(C(F)(F)F)C(F)(F)F)cc4C3=O)cc2C(F)(F)F)c(C(F)(F)F)c1. The number of hydrogen-bond acceptors (Lipinski definition) is 6. The number of amides is 4. The van der Waals surface area contributed by atoms with E-state index in [1.54, 1.807) is 0 Å². The van der Waals surface area contributed by atoms with Crippen LogP contribution in [-0.2, 0) is 30.1 Å². The van der Waals surface area contributed by atoms with Crippen molar-refractivity contribution >= 4 is 46.4 Å². The quantitative estimate of drug-likeness (QED) is 0.0972. The highest BCUT2D eigenvalue weighted by Gasteiger charge is 2.73. The van der Waals surface area contributed by atoms with E-state index in [-0.39, 0.29) is 58.3 Å². The van der Waals surface area contributed by atoms with Gasteiger partial charge in [-0.3, -0.25) is 19.2 Å².